The van der Waals surface area contributed by atoms with Crippen molar-refractivity contribution in [1.29, 1.82) is 0 Å². The minimum absolute atomic E-state index is 0.00476. The molecule has 1 aliphatic carbocycles. The van der Waals surface area contributed by atoms with Gasteiger partial charge in [0.25, 0.3) is 0 Å². The van der Waals surface area contributed by atoms with Gasteiger partial charge in [0.15, 0.2) is 0 Å². The molecule has 1 fully saturated rings. The molecule has 2 rings (SSSR count). The van der Waals surface area contributed by atoms with Crippen LogP contribution in [0.1, 0.15) is 38.2 Å². The van der Waals surface area contributed by atoms with E-state index in [9.17, 15) is 8.42 Å². The Hall–Kier alpha value is -0.910. The lowest BCUT2D eigenvalue weighted by molar-refractivity contribution is 0.423. The van der Waals surface area contributed by atoms with Crippen molar-refractivity contribution >= 4 is 10.0 Å². The largest absolute Gasteiger partial charge is 0.316 e. The highest BCUT2D eigenvalue weighted by Crippen LogP contribution is 2.28. The molecule has 112 valence electrons. The van der Waals surface area contributed by atoms with Crippen LogP contribution >= 0.6 is 0 Å². The molecule has 0 heterocycles. The van der Waals surface area contributed by atoms with Gasteiger partial charge in [0.2, 0.25) is 10.0 Å². The molecule has 1 unspecified atom stereocenters. The van der Waals surface area contributed by atoms with E-state index in [0.717, 1.165) is 18.4 Å². The number of sulfonamides is 1. The predicted octanol–water partition coefficient (Wildman–Crippen LogP) is 2.26. The summed E-state index contributed by atoms with van der Waals surface area (Å²) in [7, 11) is -1.62. The first-order valence-electron chi connectivity index (χ1n) is 7.29. The molecule has 1 aromatic carbocycles. The molecule has 0 spiro atoms. The van der Waals surface area contributed by atoms with Crippen LogP contribution in [0.4, 0.5) is 0 Å². The first-order valence-corrected chi connectivity index (χ1v) is 8.78. The second-order valence-electron chi connectivity index (χ2n) is 5.59. The number of hydrogen-bond donors (Lipinski definition) is 2. The van der Waals surface area contributed by atoms with E-state index in [1.165, 1.54) is 12.8 Å². The average Bonchev–Trinajstić information content (AvgIpc) is 2.93. The molecule has 0 bridgehead atoms. The number of rotatable bonds is 6. The first-order chi connectivity index (χ1) is 9.54. The molecule has 0 amide bonds. The summed E-state index contributed by atoms with van der Waals surface area (Å²) < 4.78 is 28.0. The molecule has 1 aromatic rings. The maximum absolute atomic E-state index is 12.6. The maximum Gasteiger partial charge on any atom is 0.241 e. The lowest BCUT2D eigenvalue weighted by atomic mass is 10.0. The monoisotopic (exact) mass is 296 g/mol. The zero-order valence-electron chi connectivity index (χ0n) is 12.2. The van der Waals surface area contributed by atoms with Gasteiger partial charge in [-0.05, 0) is 44.4 Å². The SMILES string of the molecule is CNCc1ccccc1S(=O)(=O)NC(C)C1CCCC1. The lowest BCUT2D eigenvalue weighted by Crippen LogP contribution is -2.37. The molecule has 1 aliphatic rings. The van der Waals surface area contributed by atoms with Crippen molar-refractivity contribution < 1.29 is 8.42 Å². The van der Waals surface area contributed by atoms with Gasteiger partial charge in [-0.25, -0.2) is 13.1 Å². The van der Waals surface area contributed by atoms with E-state index < -0.39 is 10.0 Å². The molecule has 2 N–H and O–H groups in total. The van der Waals surface area contributed by atoms with E-state index in [-0.39, 0.29) is 6.04 Å². The lowest BCUT2D eigenvalue weighted by Gasteiger charge is -2.21. The minimum Gasteiger partial charge on any atom is -0.316 e. The van der Waals surface area contributed by atoms with E-state index in [2.05, 4.69) is 10.0 Å². The Bertz CT molecular complexity index is 537. The molecular formula is C15H24N2O2S. The third kappa shape index (κ3) is 3.59. The number of hydrogen-bond acceptors (Lipinski definition) is 3. The van der Waals surface area contributed by atoms with Crippen LogP contribution in [-0.2, 0) is 16.6 Å². The molecule has 1 saturated carbocycles. The summed E-state index contributed by atoms with van der Waals surface area (Å²) in [4.78, 5) is 0.388. The van der Waals surface area contributed by atoms with Crippen LogP contribution in [0.15, 0.2) is 29.2 Å². The van der Waals surface area contributed by atoms with Crippen LogP contribution in [0.25, 0.3) is 0 Å². The van der Waals surface area contributed by atoms with Gasteiger partial charge in [0, 0.05) is 12.6 Å². The van der Waals surface area contributed by atoms with E-state index in [1.807, 2.05) is 26.1 Å². The number of nitrogens with one attached hydrogen (secondary N) is 2. The molecule has 20 heavy (non-hydrogen) atoms. The van der Waals surface area contributed by atoms with E-state index in [4.69, 9.17) is 0 Å². The van der Waals surface area contributed by atoms with Crippen molar-refractivity contribution in [2.24, 2.45) is 5.92 Å². The quantitative estimate of drug-likeness (QED) is 0.846. The van der Waals surface area contributed by atoms with E-state index in [1.54, 1.807) is 12.1 Å². The summed E-state index contributed by atoms with van der Waals surface area (Å²) in [5.41, 5.74) is 0.807. The molecule has 5 heteroatoms. The fourth-order valence-corrected chi connectivity index (χ4v) is 4.52. The van der Waals surface area contributed by atoms with Crippen LogP contribution in [0, 0.1) is 5.92 Å². The average molecular weight is 296 g/mol. The summed E-state index contributed by atoms with van der Waals surface area (Å²) in [6.07, 6.45) is 4.68. The van der Waals surface area contributed by atoms with Gasteiger partial charge < -0.3 is 5.32 Å². The molecule has 0 saturated heterocycles. The summed E-state index contributed by atoms with van der Waals surface area (Å²) in [5.74, 6) is 0.473. The summed E-state index contributed by atoms with van der Waals surface area (Å²) >= 11 is 0. The molecule has 1 atom stereocenters. The van der Waals surface area contributed by atoms with Gasteiger partial charge in [-0.1, -0.05) is 31.0 Å². The topological polar surface area (TPSA) is 58.2 Å². The Balaban J connectivity index is 2.17. The minimum atomic E-state index is -3.44. The van der Waals surface area contributed by atoms with E-state index >= 15 is 0 Å². The Labute approximate surface area is 122 Å². The number of benzene rings is 1. The van der Waals surface area contributed by atoms with Gasteiger partial charge >= 0.3 is 0 Å². The highest BCUT2D eigenvalue weighted by atomic mass is 32.2. The Morgan fingerprint density at radius 2 is 1.90 bits per heavy atom. The molecule has 0 aromatic heterocycles. The normalized spacial score (nSPS) is 18.3. The van der Waals surface area contributed by atoms with Crippen LogP contribution in [-0.4, -0.2) is 21.5 Å². The zero-order chi connectivity index (χ0) is 14.6. The molecule has 4 nitrogen and oxygen atoms in total. The predicted molar refractivity (Wildman–Crippen MR) is 80.9 cm³/mol. The Morgan fingerprint density at radius 1 is 1.25 bits per heavy atom. The van der Waals surface area contributed by atoms with Crippen LogP contribution < -0.4 is 10.0 Å². The van der Waals surface area contributed by atoms with Gasteiger partial charge in [-0.3, -0.25) is 0 Å². The Morgan fingerprint density at radius 3 is 2.55 bits per heavy atom. The van der Waals surface area contributed by atoms with Crippen LogP contribution in [0.2, 0.25) is 0 Å². The third-order valence-corrected chi connectivity index (χ3v) is 5.74. The molecule has 0 radical (unpaired) electrons. The third-order valence-electron chi connectivity index (χ3n) is 4.08. The maximum atomic E-state index is 12.6. The summed E-state index contributed by atoms with van der Waals surface area (Å²) in [6, 6.07) is 7.17. The Kier molecular flexibility index (Phi) is 5.18. The van der Waals surface area contributed by atoms with Crippen molar-refractivity contribution in [1.82, 2.24) is 10.0 Å². The van der Waals surface area contributed by atoms with E-state index in [0.29, 0.717) is 17.4 Å². The van der Waals surface area contributed by atoms with Crippen LogP contribution in [0.5, 0.6) is 0 Å². The van der Waals surface area contributed by atoms with Gasteiger partial charge in [-0.2, -0.15) is 0 Å². The molecule has 0 aliphatic heterocycles. The highest BCUT2D eigenvalue weighted by molar-refractivity contribution is 7.89. The van der Waals surface area contributed by atoms with Gasteiger partial charge in [0.1, 0.15) is 0 Å². The first kappa shape index (κ1) is 15.5. The zero-order valence-corrected chi connectivity index (χ0v) is 13.0. The van der Waals surface area contributed by atoms with Crippen LogP contribution in [0.3, 0.4) is 0 Å². The van der Waals surface area contributed by atoms with Gasteiger partial charge in [0.05, 0.1) is 4.90 Å². The highest BCUT2D eigenvalue weighted by Gasteiger charge is 2.27. The smallest absolute Gasteiger partial charge is 0.241 e. The second-order valence-corrected chi connectivity index (χ2v) is 7.27. The second kappa shape index (κ2) is 6.70. The van der Waals surface area contributed by atoms with Crippen molar-refractivity contribution in [3.8, 4) is 0 Å². The van der Waals surface area contributed by atoms with Crippen molar-refractivity contribution in [2.75, 3.05) is 7.05 Å². The fourth-order valence-electron chi connectivity index (χ4n) is 2.96. The van der Waals surface area contributed by atoms with Crippen molar-refractivity contribution in [3.05, 3.63) is 29.8 Å². The standard InChI is InChI=1S/C15H24N2O2S/c1-12(13-7-3-4-8-13)17-20(18,19)15-10-6-5-9-14(15)11-16-2/h5-6,9-10,12-13,16-17H,3-4,7-8,11H2,1-2H3. The van der Waals surface area contributed by atoms with Crippen molar-refractivity contribution in [2.45, 2.75) is 50.1 Å². The van der Waals surface area contributed by atoms with Gasteiger partial charge in [-0.15, -0.1) is 0 Å². The summed E-state index contributed by atoms with van der Waals surface area (Å²) in [6.45, 7) is 2.53. The molecular weight excluding hydrogens is 272 g/mol. The fraction of sp³-hybridized carbons (Fsp3) is 0.600. The van der Waals surface area contributed by atoms with Crippen molar-refractivity contribution in [3.63, 3.8) is 0 Å². The summed E-state index contributed by atoms with van der Waals surface area (Å²) in [5, 5.41) is 3.01.